The van der Waals surface area contributed by atoms with Gasteiger partial charge in [0.15, 0.2) is 5.65 Å². The second-order valence-electron chi connectivity index (χ2n) is 9.48. The summed E-state index contributed by atoms with van der Waals surface area (Å²) in [7, 11) is 1.88. The highest BCUT2D eigenvalue weighted by atomic mass is 16.6. The Morgan fingerprint density at radius 3 is 2.56 bits per heavy atom. The van der Waals surface area contributed by atoms with Crippen LogP contribution in [0.2, 0.25) is 0 Å². The van der Waals surface area contributed by atoms with E-state index in [2.05, 4.69) is 20.0 Å². The number of fused-ring (bicyclic) bond motifs is 2. The first-order valence-electron chi connectivity index (χ1n) is 11.2. The van der Waals surface area contributed by atoms with Gasteiger partial charge in [-0.3, -0.25) is 13.9 Å². The first kappa shape index (κ1) is 21.9. The van der Waals surface area contributed by atoms with Crippen molar-refractivity contribution in [2.75, 3.05) is 31.1 Å². The number of carbonyl (C=O) groups is 1. The molecule has 4 aromatic rings. The Morgan fingerprint density at radius 1 is 1.06 bits per heavy atom. The Hall–Kier alpha value is -3.95. The molecule has 5 rings (SSSR count). The number of hydrogen-bond donors (Lipinski definition) is 0. The Kier molecular flexibility index (Phi) is 5.22. The fraction of sp³-hybridized carbons (Fsp3) is 0.375. The smallest absolute Gasteiger partial charge is 0.410 e. The van der Waals surface area contributed by atoms with Crippen molar-refractivity contribution in [2.45, 2.75) is 26.4 Å². The van der Waals surface area contributed by atoms with Crippen LogP contribution in [0.1, 0.15) is 20.8 Å². The van der Waals surface area contributed by atoms with Gasteiger partial charge in [0.05, 0.1) is 23.6 Å². The van der Waals surface area contributed by atoms with Crippen LogP contribution < -0.4 is 10.5 Å². The number of amides is 1. The highest BCUT2D eigenvalue weighted by molar-refractivity contribution is 5.83. The third-order valence-corrected chi connectivity index (χ3v) is 5.71. The van der Waals surface area contributed by atoms with E-state index in [9.17, 15) is 9.59 Å². The number of hydrogen-bond acceptors (Lipinski definition) is 7. The van der Waals surface area contributed by atoms with Crippen molar-refractivity contribution in [3.63, 3.8) is 0 Å². The fourth-order valence-corrected chi connectivity index (χ4v) is 4.07. The van der Waals surface area contributed by atoms with Crippen LogP contribution in [0.3, 0.4) is 0 Å². The van der Waals surface area contributed by atoms with Crippen LogP contribution in [-0.2, 0) is 11.8 Å². The summed E-state index contributed by atoms with van der Waals surface area (Å²) in [6, 6.07) is 7.35. The summed E-state index contributed by atoms with van der Waals surface area (Å²) in [6.45, 7) is 7.82. The van der Waals surface area contributed by atoms with Gasteiger partial charge < -0.3 is 14.5 Å². The summed E-state index contributed by atoms with van der Waals surface area (Å²) in [6.07, 6.45) is 4.95. The molecular formula is C24H27N7O3. The number of nitrogens with zero attached hydrogens (tertiary/aromatic N) is 7. The van der Waals surface area contributed by atoms with Crippen LogP contribution in [-0.4, -0.2) is 66.9 Å². The van der Waals surface area contributed by atoms with Gasteiger partial charge in [-0.2, -0.15) is 5.10 Å². The summed E-state index contributed by atoms with van der Waals surface area (Å²) in [5.41, 5.74) is 2.11. The van der Waals surface area contributed by atoms with Gasteiger partial charge in [-0.05, 0) is 32.9 Å². The summed E-state index contributed by atoms with van der Waals surface area (Å²) in [4.78, 5) is 38.2. The molecule has 1 aliphatic heterocycles. The average Bonchev–Trinajstić information content (AvgIpc) is 3.17. The number of benzene rings is 1. The number of rotatable bonds is 2. The summed E-state index contributed by atoms with van der Waals surface area (Å²) in [5, 5.41) is 5.37. The SMILES string of the molecule is Cn1cc2cc(-c3cc(=O)n4cc(N5CCN(C(=O)OC(C)(C)C)CC5)ncc4n3)ccc2n1. The molecule has 1 saturated heterocycles. The quantitative estimate of drug-likeness (QED) is 0.453. The van der Waals surface area contributed by atoms with E-state index in [0.29, 0.717) is 43.3 Å². The van der Waals surface area contributed by atoms with Crippen molar-refractivity contribution in [1.29, 1.82) is 0 Å². The van der Waals surface area contributed by atoms with Crippen LogP contribution in [0.5, 0.6) is 0 Å². The van der Waals surface area contributed by atoms with Crippen molar-refractivity contribution >= 4 is 28.5 Å². The van der Waals surface area contributed by atoms with Gasteiger partial charge in [0, 0.05) is 56.4 Å². The standard InChI is InChI=1S/C24H27N7O3/c1-24(2,3)34-23(33)30-9-7-29(8-10-30)21-15-31-20(13-25-21)26-19(12-22(31)32)16-5-6-18-17(11-16)14-28(4)27-18/h5-6,11-15H,7-10H2,1-4H3. The van der Waals surface area contributed by atoms with Crippen LogP contribution in [0, 0.1) is 0 Å². The normalized spacial score (nSPS) is 14.7. The van der Waals surface area contributed by atoms with Crippen molar-refractivity contribution in [3.05, 3.63) is 53.2 Å². The molecule has 4 heterocycles. The predicted octanol–water partition coefficient (Wildman–Crippen LogP) is 2.70. The number of piperazine rings is 1. The molecule has 0 bridgehead atoms. The number of ether oxygens (including phenoxy) is 1. The van der Waals surface area contributed by atoms with Crippen LogP contribution in [0.25, 0.3) is 27.8 Å². The number of carbonyl (C=O) groups excluding carboxylic acids is 1. The lowest BCUT2D eigenvalue weighted by Crippen LogP contribution is -2.50. The van der Waals surface area contributed by atoms with E-state index in [1.165, 1.54) is 10.5 Å². The van der Waals surface area contributed by atoms with E-state index < -0.39 is 5.60 Å². The molecule has 0 spiro atoms. The molecule has 3 aromatic heterocycles. The summed E-state index contributed by atoms with van der Waals surface area (Å²) < 4.78 is 8.73. The Bertz CT molecular complexity index is 1440. The third kappa shape index (κ3) is 4.30. The molecule has 1 aliphatic rings. The van der Waals surface area contributed by atoms with Crippen LogP contribution in [0.15, 0.2) is 47.7 Å². The van der Waals surface area contributed by atoms with Gasteiger partial charge in [-0.15, -0.1) is 0 Å². The van der Waals surface area contributed by atoms with E-state index in [-0.39, 0.29) is 11.7 Å². The highest BCUT2D eigenvalue weighted by Crippen LogP contribution is 2.22. The predicted molar refractivity (Wildman–Crippen MR) is 129 cm³/mol. The maximum absolute atomic E-state index is 12.9. The molecule has 34 heavy (non-hydrogen) atoms. The van der Waals surface area contributed by atoms with Crippen molar-refractivity contribution < 1.29 is 9.53 Å². The molecule has 0 saturated carbocycles. The molecule has 1 aromatic carbocycles. The minimum atomic E-state index is -0.523. The number of aryl methyl sites for hydroxylation is 1. The number of anilines is 1. The lowest BCUT2D eigenvalue weighted by molar-refractivity contribution is 0.0240. The zero-order valence-corrected chi connectivity index (χ0v) is 19.7. The zero-order chi connectivity index (χ0) is 24.0. The van der Waals surface area contributed by atoms with Gasteiger partial charge in [0.25, 0.3) is 5.56 Å². The van der Waals surface area contributed by atoms with E-state index in [1.807, 2.05) is 52.2 Å². The lowest BCUT2D eigenvalue weighted by atomic mass is 10.1. The Labute approximate surface area is 196 Å². The molecule has 0 atom stereocenters. The van der Waals surface area contributed by atoms with Gasteiger partial charge in [0.2, 0.25) is 0 Å². The van der Waals surface area contributed by atoms with Gasteiger partial charge in [-0.25, -0.2) is 14.8 Å². The van der Waals surface area contributed by atoms with Crippen molar-refractivity contribution in [3.8, 4) is 11.3 Å². The van der Waals surface area contributed by atoms with Gasteiger partial charge in [0.1, 0.15) is 11.4 Å². The average molecular weight is 462 g/mol. The maximum Gasteiger partial charge on any atom is 0.410 e. The molecule has 10 nitrogen and oxygen atoms in total. The highest BCUT2D eigenvalue weighted by Gasteiger charge is 2.26. The number of aromatic nitrogens is 5. The van der Waals surface area contributed by atoms with E-state index >= 15 is 0 Å². The molecule has 10 heteroatoms. The van der Waals surface area contributed by atoms with E-state index in [4.69, 9.17) is 4.74 Å². The van der Waals surface area contributed by atoms with E-state index in [1.54, 1.807) is 22.0 Å². The largest absolute Gasteiger partial charge is 0.444 e. The molecule has 0 aliphatic carbocycles. The molecule has 0 unspecified atom stereocenters. The molecule has 176 valence electrons. The van der Waals surface area contributed by atoms with E-state index in [0.717, 1.165) is 16.5 Å². The zero-order valence-electron chi connectivity index (χ0n) is 19.7. The topological polar surface area (TPSA) is 97.9 Å². The van der Waals surface area contributed by atoms with Crippen molar-refractivity contribution in [2.24, 2.45) is 7.05 Å². The molecular weight excluding hydrogens is 434 g/mol. The molecule has 1 amide bonds. The minimum Gasteiger partial charge on any atom is -0.444 e. The first-order chi connectivity index (χ1) is 16.2. The molecule has 0 N–H and O–H groups in total. The third-order valence-electron chi connectivity index (χ3n) is 5.71. The Morgan fingerprint density at radius 2 is 1.82 bits per heavy atom. The molecule has 1 fully saturated rings. The lowest BCUT2D eigenvalue weighted by Gasteiger charge is -2.36. The second kappa shape index (κ2) is 8.12. The second-order valence-corrected chi connectivity index (χ2v) is 9.48. The first-order valence-corrected chi connectivity index (χ1v) is 11.2. The van der Waals surface area contributed by atoms with Crippen LogP contribution in [0.4, 0.5) is 10.6 Å². The van der Waals surface area contributed by atoms with Gasteiger partial charge in [-0.1, -0.05) is 6.07 Å². The molecule has 0 radical (unpaired) electrons. The van der Waals surface area contributed by atoms with Crippen molar-refractivity contribution in [1.82, 2.24) is 29.0 Å². The van der Waals surface area contributed by atoms with Gasteiger partial charge >= 0.3 is 6.09 Å². The minimum absolute atomic E-state index is 0.178. The summed E-state index contributed by atoms with van der Waals surface area (Å²) >= 11 is 0. The fourth-order valence-electron chi connectivity index (χ4n) is 4.07. The monoisotopic (exact) mass is 461 g/mol. The summed E-state index contributed by atoms with van der Waals surface area (Å²) in [5.74, 6) is 0.671. The Balaban J connectivity index is 1.36. The maximum atomic E-state index is 12.9. The van der Waals surface area contributed by atoms with Crippen LogP contribution >= 0.6 is 0 Å².